The van der Waals surface area contributed by atoms with Crippen molar-refractivity contribution in [2.75, 3.05) is 19.0 Å². The van der Waals surface area contributed by atoms with E-state index in [1.165, 1.54) is 19.3 Å². The number of methoxy groups -OCH3 is 1. The lowest BCUT2D eigenvalue weighted by molar-refractivity contribution is -0.127. The molecule has 0 bridgehead atoms. The Kier molecular flexibility index (Phi) is 6.74. The summed E-state index contributed by atoms with van der Waals surface area (Å²) in [6, 6.07) is 9.66. The second kappa shape index (κ2) is 9.09. The van der Waals surface area contributed by atoms with Crippen LogP contribution in [0.4, 0.5) is 10.5 Å². The molecule has 3 rings (SSSR count). The van der Waals surface area contributed by atoms with E-state index in [1.54, 1.807) is 30.3 Å². The number of nitrogens with one attached hydrogen (secondary N) is 1. The maximum atomic E-state index is 12.6. The predicted octanol–water partition coefficient (Wildman–Crippen LogP) is 5.33. The number of benzene rings is 2. The molecule has 0 radical (unpaired) electrons. The molecule has 0 aromatic heterocycles. The highest BCUT2D eigenvalue weighted by atomic mass is 35.5. The van der Waals surface area contributed by atoms with Crippen LogP contribution < -0.4 is 10.1 Å². The molecular formula is C19H13Cl3N2O4S. The Bertz CT molecular complexity index is 1040. The third kappa shape index (κ3) is 4.87. The maximum absolute atomic E-state index is 12.6. The third-order valence-electron chi connectivity index (χ3n) is 3.88. The maximum Gasteiger partial charge on any atom is 0.294 e. The first-order chi connectivity index (χ1) is 13.8. The van der Waals surface area contributed by atoms with E-state index in [2.05, 4.69) is 5.32 Å². The van der Waals surface area contributed by atoms with Crippen LogP contribution in [-0.4, -0.2) is 35.6 Å². The molecular weight excluding hydrogens is 459 g/mol. The number of ether oxygens (including phenoxy) is 1. The Balaban J connectivity index is 1.71. The minimum atomic E-state index is -0.584. The number of carbonyl (C=O) groups is 3. The zero-order valence-corrected chi connectivity index (χ0v) is 18.0. The van der Waals surface area contributed by atoms with Crippen LogP contribution in [0.3, 0.4) is 0 Å². The number of carbonyl (C=O) groups excluding carboxylic acids is 3. The first-order valence-corrected chi connectivity index (χ1v) is 10.1. The van der Waals surface area contributed by atoms with Crippen molar-refractivity contribution in [1.82, 2.24) is 4.90 Å². The van der Waals surface area contributed by atoms with Gasteiger partial charge in [0.05, 0.1) is 27.1 Å². The zero-order valence-electron chi connectivity index (χ0n) is 14.9. The summed E-state index contributed by atoms with van der Waals surface area (Å²) < 4.78 is 5.05. The Morgan fingerprint density at radius 2 is 1.93 bits per heavy atom. The third-order valence-corrected chi connectivity index (χ3v) is 5.92. The van der Waals surface area contributed by atoms with E-state index >= 15 is 0 Å². The molecule has 6 nitrogen and oxygen atoms in total. The summed E-state index contributed by atoms with van der Waals surface area (Å²) in [5, 5.41) is 2.96. The van der Waals surface area contributed by atoms with E-state index in [1.807, 2.05) is 0 Å². The number of thioether (sulfide) groups is 1. The summed E-state index contributed by atoms with van der Waals surface area (Å²) in [6.45, 7) is -0.436. The Hall–Kier alpha value is -2.19. The zero-order chi connectivity index (χ0) is 21.1. The molecule has 0 saturated carbocycles. The second-order valence-electron chi connectivity index (χ2n) is 5.81. The van der Waals surface area contributed by atoms with Crippen LogP contribution in [0.25, 0.3) is 6.08 Å². The van der Waals surface area contributed by atoms with Gasteiger partial charge in [-0.05, 0) is 47.7 Å². The summed E-state index contributed by atoms with van der Waals surface area (Å²) in [6.07, 6.45) is 1.47. The molecule has 10 heteroatoms. The normalized spacial score (nSPS) is 15.2. The number of hydrogen-bond donors (Lipinski definition) is 1. The van der Waals surface area contributed by atoms with Crippen LogP contribution in [0, 0.1) is 0 Å². The number of imide groups is 1. The van der Waals surface area contributed by atoms with Gasteiger partial charge in [-0.25, -0.2) is 0 Å². The molecule has 1 saturated heterocycles. The molecule has 3 amide bonds. The smallest absolute Gasteiger partial charge is 0.294 e. The van der Waals surface area contributed by atoms with Gasteiger partial charge in [0.1, 0.15) is 12.3 Å². The SMILES string of the molecule is COc1ccc(NC(=O)CN2C(=O)SC(=Cc3cccc(Cl)c3Cl)C2=O)cc1Cl. The Morgan fingerprint density at radius 3 is 2.62 bits per heavy atom. The molecule has 0 aliphatic carbocycles. The van der Waals surface area contributed by atoms with E-state index in [0.29, 0.717) is 27.0 Å². The van der Waals surface area contributed by atoms with Gasteiger partial charge >= 0.3 is 0 Å². The second-order valence-corrected chi connectivity index (χ2v) is 7.99. The van der Waals surface area contributed by atoms with Gasteiger partial charge in [-0.2, -0.15) is 0 Å². The fourth-order valence-electron chi connectivity index (χ4n) is 2.50. The van der Waals surface area contributed by atoms with Gasteiger partial charge in [0.15, 0.2) is 0 Å². The highest BCUT2D eigenvalue weighted by molar-refractivity contribution is 8.18. The van der Waals surface area contributed by atoms with Crippen LogP contribution in [0.5, 0.6) is 5.75 Å². The Morgan fingerprint density at radius 1 is 1.17 bits per heavy atom. The average Bonchev–Trinajstić information content (AvgIpc) is 2.93. The number of hydrogen-bond acceptors (Lipinski definition) is 5. The van der Waals surface area contributed by atoms with Crippen LogP contribution in [0.2, 0.25) is 15.1 Å². The van der Waals surface area contributed by atoms with Crippen molar-refractivity contribution >= 4 is 75.4 Å². The number of nitrogens with zero attached hydrogens (tertiary/aromatic N) is 1. The minimum absolute atomic E-state index is 0.152. The van der Waals surface area contributed by atoms with E-state index in [0.717, 1.165) is 16.7 Å². The summed E-state index contributed by atoms with van der Waals surface area (Å²) in [4.78, 5) is 38.1. The highest BCUT2D eigenvalue weighted by Gasteiger charge is 2.36. The van der Waals surface area contributed by atoms with E-state index < -0.39 is 23.6 Å². The van der Waals surface area contributed by atoms with E-state index in [-0.39, 0.29) is 9.93 Å². The molecule has 0 unspecified atom stereocenters. The van der Waals surface area contributed by atoms with E-state index in [4.69, 9.17) is 39.5 Å². The van der Waals surface area contributed by atoms with Crippen molar-refractivity contribution in [2.45, 2.75) is 0 Å². The van der Waals surface area contributed by atoms with Gasteiger partial charge in [-0.3, -0.25) is 19.3 Å². The number of halogens is 3. The van der Waals surface area contributed by atoms with Gasteiger partial charge < -0.3 is 10.1 Å². The van der Waals surface area contributed by atoms with Gasteiger partial charge in [0.2, 0.25) is 5.91 Å². The topological polar surface area (TPSA) is 75.7 Å². The van der Waals surface area contributed by atoms with Crippen molar-refractivity contribution in [2.24, 2.45) is 0 Å². The molecule has 0 spiro atoms. The van der Waals surface area contributed by atoms with Crippen molar-refractivity contribution < 1.29 is 19.1 Å². The molecule has 2 aromatic carbocycles. The molecule has 2 aromatic rings. The van der Waals surface area contributed by atoms with Crippen LogP contribution >= 0.6 is 46.6 Å². The number of rotatable bonds is 5. The molecule has 1 fully saturated rings. The first kappa shape index (κ1) is 21.5. The van der Waals surface area contributed by atoms with Crippen molar-refractivity contribution in [3.05, 3.63) is 61.9 Å². The van der Waals surface area contributed by atoms with Gasteiger partial charge in [-0.15, -0.1) is 0 Å². The van der Waals surface area contributed by atoms with Crippen molar-refractivity contribution in [3.8, 4) is 5.75 Å². The van der Waals surface area contributed by atoms with Crippen LogP contribution in [-0.2, 0) is 9.59 Å². The molecule has 1 heterocycles. The minimum Gasteiger partial charge on any atom is -0.495 e. The molecule has 1 N–H and O–H groups in total. The molecule has 0 atom stereocenters. The van der Waals surface area contributed by atoms with Gasteiger partial charge in [0, 0.05) is 5.69 Å². The van der Waals surface area contributed by atoms with Crippen molar-refractivity contribution in [3.63, 3.8) is 0 Å². The standard InChI is InChI=1S/C19H13Cl3N2O4S/c1-28-14-6-5-11(8-13(14)21)23-16(25)9-24-18(26)15(29-19(24)27)7-10-3-2-4-12(20)17(10)22/h2-8H,9H2,1H3,(H,23,25). The summed E-state index contributed by atoms with van der Waals surface area (Å²) >= 11 is 18.8. The first-order valence-electron chi connectivity index (χ1n) is 8.13. The van der Waals surface area contributed by atoms with E-state index in [9.17, 15) is 14.4 Å². The molecule has 1 aliphatic rings. The summed E-state index contributed by atoms with van der Waals surface area (Å²) in [7, 11) is 1.48. The van der Waals surface area contributed by atoms with Crippen LogP contribution in [0.15, 0.2) is 41.3 Å². The van der Waals surface area contributed by atoms with Gasteiger partial charge in [-0.1, -0.05) is 46.9 Å². The number of anilines is 1. The van der Waals surface area contributed by atoms with Crippen molar-refractivity contribution in [1.29, 1.82) is 0 Å². The molecule has 29 heavy (non-hydrogen) atoms. The summed E-state index contributed by atoms with van der Waals surface area (Å²) in [5.74, 6) is -0.671. The largest absolute Gasteiger partial charge is 0.495 e. The highest BCUT2D eigenvalue weighted by Crippen LogP contribution is 2.35. The fraction of sp³-hybridized carbons (Fsp3) is 0.105. The Labute approximate surface area is 185 Å². The lowest BCUT2D eigenvalue weighted by Gasteiger charge is -2.13. The monoisotopic (exact) mass is 470 g/mol. The lowest BCUT2D eigenvalue weighted by atomic mass is 10.2. The average molecular weight is 472 g/mol. The summed E-state index contributed by atoms with van der Waals surface area (Å²) in [5.41, 5.74) is 0.913. The molecule has 150 valence electrons. The van der Waals surface area contributed by atoms with Gasteiger partial charge in [0.25, 0.3) is 11.1 Å². The number of amides is 3. The quantitative estimate of drug-likeness (QED) is 0.597. The molecule has 1 aliphatic heterocycles. The predicted molar refractivity (Wildman–Crippen MR) is 116 cm³/mol. The fourth-order valence-corrected chi connectivity index (χ4v) is 3.95. The lowest BCUT2D eigenvalue weighted by Crippen LogP contribution is -2.36. The van der Waals surface area contributed by atoms with Crippen LogP contribution in [0.1, 0.15) is 5.56 Å².